The van der Waals surface area contributed by atoms with E-state index >= 15 is 0 Å². The molecular formula is C13H17Cl2F5N2O2. The quantitative estimate of drug-likeness (QED) is 0.763. The number of hydrogen-bond donors (Lipinski definition) is 2. The van der Waals surface area contributed by atoms with E-state index in [4.69, 9.17) is 0 Å². The number of aromatic hydroxyl groups is 1. The Morgan fingerprint density at radius 2 is 1.71 bits per heavy atom. The summed E-state index contributed by atoms with van der Waals surface area (Å²) in [4.78, 5) is 1.42. The van der Waals surface area contributed by atoms with E-state index < -0.39 is 30.3 Å². The summed E-state index contributed by atoms with van der Waals surface area (Å²) in [6.45, 7) is 1.59. The van der Waals surface area contributed by atoms with Gasteiger partial charge in [0, 0.05) is 31.7 Å². The highest BCUT2D eigenvalue weighted by molar-refractivity contribution is 5.85. The van der Waals surface area contributed by atoms with Crippen molar-refractivity contribution in [3.8, 4) is 11.5 Å². The number of piperazine rings is 1. The van der Waals surface area contributed by atoms with Crippen molar-refractivity contribution in [2.24, 2.45) is 0 Å². The predicted octanol–water partition coefficient (Wildman–Crippen LogP) is 3.35. The molecule has 0 spiro atoms. The van der Waals surface area contributed by atoms with Crippen LogP contribution in [0.25, 0.3) is 0 Å². The summed E-state index contributed by atoms with van der Waals surface area (Å²) >= 11 is 0. The zero-order valence-electron chi connectivity index (χ0n) is 12.2. The molecule has 1 aliphatic rings. The third-order valence-electron chi connectivity index (χ3n) is 3.36. The Bertz CT molecular complexity index is 514. The van der Waals surface area contributed by atoms with Crippen molar-refractivity contribution in [3.05, 3.63) is 23.8 Å². The molecule has 1 heterocycles. The minimum absolute atomic E-state index is 0. The number of phenolic OH excluding ortho intramolecular Hbond substituents is 1. The topological polar surface area (TPSA) is 44.7 Å². The Labute approximate surface area is 147 Å². The van der Waals surface area contributed by atoms with E-state index in [2.05, 4.69) is 10.1 Å². The van der Waals surface area contributed by atoms with Crippen LogP contribution in [0.1, 0.15) is 11.6 Å². The van der Waals surface area contributed by atoms with Gasteiger partial charge in [-0.15, -0.1) is 38.0 Å². The Hall–Kier alpha value is -1.03. The smallest absolute Gasteiger partial charge is 0.504 e. The number of hydrogen-bond acceptors (Lipinski definition) is 4. The van der Waals surface area contributed by atoms with Crippen LogP contribution in [0, 0.1) is 0 Å². The molecule has 0 unspecified atom stereocenters. The van der Waals surface area contributed by atoms with Crippen LogP contribution in [0.3, 0.4) is 0 Å². The molecule has 1 atom stereocenters. The highest BCUT2D eigenvalue weighted by atomic mass is 35.5. The minimum atomic E-state index is -5.01. The summed E-state index contributed by atoms with van der Waals surface area (Å²) in [7, 11) is 0. The molecule has 1 aromatic rings. The molecule has 11 heteroatoms. The van der Waals surface area contributed by atoms with Crippen LogP contribution in [-0.4, -0.2) is 49.0 Å². The number of nitrogens with one attached hydrogen (secondary N) is 1. The molecule has 1 fully saturated rings. The summed E-state index contributed by atoms with van der Waals surface area (Å²) in [5.74, 6) is -1.80. The molecule has 0 aromatic heterocycles. The molecule has 0 saturated carbocycles. The Morgan fingerprint density at radius 1 is 1.12 bits per heavy atom. The lowest BCUT2D eigenvalue weighted by Crippen LogP contribution is -2.46. The second-order valence-corrected chi connectivity index (χ2v) is 4.81. The lowest BCUT2D eigenvalue weighted by Gasteiger charge is -2.35. The first-order valence-corrected chi connectivity index (χ1v) is 6.60. The molecule has 140 valence electrons. The van der Waals surface area contributed by atoms with Gasteiger partial charge in [0.15, 0.2) is 11.5 Å². The van der Waals surface area contributed by atoms with Crippen molar-refractivity contribution in [1.29, 1.82) is 0 Å². The highest BCUT2D eigenvalue weighted by Gasteiger charge is 2.36. The lowest BCUT2D eigenvalue weighted by molar-refractivity contribution is -0.275. The Kier molecular flexibility index (Phi) is 9.05. The number of nitrogens with zero attached hydrogens (tertiary/aromatic N) is 1. The number of alkyl halides is 5. The third kappa shape index (κ3) is 5.80. The maximum Gasteiger partial charge on any atom is 0.573 e. The van der Waals surface area contributed by atoms with Crippen molar-refractivity contribution < 1.29 is 31.8 Å². The molecule has 24 heavy (non-hydrogen) atoms. The number of rotatable bonds is 4. The average molecular weight is 399 g/mol. The number of benzene rings is 1. The molecular weight excluding hydrogens is 382 g/mol. The number of para-hydroxylation sites is 1. The van der Waals surface area contributed by atoms with Gasteiger partial charge >= 0.3 is 6.36 Å². The number of phenols is 1. The van der Waals surface area contributed by atoms with Crippen LogP contribution in [0.4, 0.5) is 22.0 Å². The molecule has 1 saturated heterocycles. The van der Waals surface area contributed by atoms with Gasteiger partial charge in [-0.3, -0.25) is 4.90 Å². The van der Waals surface area contributed by atoms with Gasteiger partial charge in [-0.25, -0.2) is 8.78 Å². The maximum absolute atomic E-state index is 13.4. The van der Waals surface area contributed by atoms with Gasteiger partial charge in [0.25, 0.3) is 6.43 Å². The first kappa shape index (κ1) is 23.0. The van der Waals surface area contributed by atoms with Crippen LogP contribution < -0.4 is 10.1 Å². The van der Waals surface area contributed by atoms with E-state index in [1.54, 1.807) is 0 Å². The molecule has 2 rings (SSSR count). The molecule has 0 amide bonds. The van der Waals surface area contributed by atoms with Gasteiger partial charge in [0.05, 0.1) is 0 Å². The van der Waals surface area contributed by atoms with Crippen LogP contribution >= 0.6 is 24.8 Å². The van der Waals surface area contributed by atoms with Crippen molar-refractivity contribution >= 4 is 24.8 Å². The summed E-state index contributed by atoms with van der Waals surface area (Å²) in [5, 5.41) is 12.9. The third-order valence-corrected chi connectivity index (χ3v) is 3.36. The molecule has 2 N–H and O–H groups in total. The largest absolute Gasteiger partial charge is 0.573 e. The SMILES string of the molecule is Cl.Cl.Oc1c(OC(F)(F)F)cccc1[C@H](C(F)F)N1CCNCC1. The van der Waals surface area contributed by atoms with Gasteiger partial charge in [-0.1, -0.05) is 12.1 Å². The zero-order valence-corrected chi connectivity index (χ0v) is 13.9. The van der Waals surface area contributed by atoms with E-state index in [1.165, 1.54) is 11.0 Å². The molecule has 0 radical (unpaired) electrons. The second-order valence-electron chi connectivity index (χ2n) is 4.81. The second kappa shape index (κ2) is 9.45. The fraction of sp³-hybridized carbons (Fsp3) is 0.538. The number of halogens is 7. The average Bonchev–Trinajstić information content (AvgIpc) is 2.42. The standard InChI is InChI=1S/C13H15F5N2O2.2ClH/c14-12(15)10(20-6-4-19-5-7-20)8-2-1-3-9(11(8)21)22-13(16,17)18;;/h1-3,10,12,19,21H,4-7H2;2*1H/t10-;;/m1../s1. The first-order chi connectivity index (χ1) is 10.3. The fourth-order valence-electron chi connectivity index (χ4n) is 2.44. The molecule has 4 nitrogen and oxygen atoms in total. The Morgan fingerprint density at radius 3 is 2.21 bits per heavy atom. The van der Waals surface area contributed by atoms with Crippen molar-refractivity contribution in [2.45, 2.75) is 18.8 Å². The zero-order chi connectivity index (χ0) is 16.3. The summed E-state index contributed by atoms with van der Waals surface area (Å²) in [6, 6.07) is 1.72. The molecule has 1 aliphatic heterocycles. The first-order valence-electron chi connectivity index (χ1n) is 6.60. The minimum Gasteiger partial charge on any atom is -0.504 e. The highest BCUT2D eigenvalue weighted by Crippen LogP contribution is 2.40. The van der Waals surface area contributed by atoms with Crippen LogP contribution in [0.15, 0.2) is 18.2 Å². The maximum atomic E-state index is 13.4. The van der Waals surface area contributed by atoms with Gasteiger partial charge in [-0.2, -0.15) is 0 Å². The van der Waals surface area contributed by atoms with E-state index in [0.717, 1.165) is 12.1 Å². The summed E-state index contributed by atoms with van der Waals surface area (Å²) in [6.07, 6.45) is -7.86. The van der Waals surface area contributed by atoms with Gasteiger partial charge in [0.1, 0.15) is 6.04 Å². The Balaban J connectivity index is 0.00000264. The van der Waals surface area contributed by atoms with Gasteiger partial charge in [0.2, 0.25) is 0 Å². The van der Waals surface area contributed by atoms with E-state index in [0.29, 0.717) is 26.2 Å². The van der Waals surface area contributed by atoms with Gasteiger partial charge < -0.3 is 15.2 Å². The lowest BCUT2D eigenvalue weighted by atomic mass is 10.0. The van der Waals surface area contributed by atoms with Gasteiger partial charge in [-0.05, 0) is 6.07 Å². The fourth-order valence-corrected chi connectivity index (χ4v) is 2.44. The van der Waals surface area contributed by atoms with E-state index in [-0.39, 0.29) is 30.4 Å². The predicted molar refractivity (Wildman–Crippen MR) is 82.5 cm³/mol. The van der Waals surface area contributed by atoms with E-state index in [1.807, 2.05) is 0 Å². The normalized spacial score (nSPS) is 16.9. The number of ether oxygens (including phenoxy) is 1. The summed E-state index contributed by atoms with van der Waals surface area (Å²) in [5.41, 5.74) is -0.279. The molecule has 0 bridgehead atoms. The van der Waals surface area contributed by atoms with Crippen molar-refractivity contribution in [2.75, 3.05) is 26.2 Å². The van der Waals surface area contributed by atoms with Crippen LogP contribution in [0.2, 0.25) is 0 Å². The molecule has 1 aromatic carbocycles. The van der Waals surface area contributed by atoms with Crippen LogP contribution in [-0.2, 0) is 0 Å². The monoisotopic (exact) mass is 398 g/mol. The van der Waals surface area contributed by atoms with E-state index in [9.17, 15) is 27.1 Å². The van der Waals surface area contributed by atoms with Crippen LogP contribution in [0.5, 0.6) is 11.5 Å². The van der Waals surface area contributed by atoms with Crippen molar-refractivity contribution in [1.82, 2.24) is 10.2 Å². The summed E-state index contributed by atoms with van der Waals surface area (Å²) < 4.78 is 67.2. The molecule has 0 aliphatic carbocycles. The van der Waals surface area contributed by atoms with Crippen molar-refractivity contribution in [3.63, 3.8) is 0 Å².